The van der Waals surface area contributed by atoms with Crippen molar-refractivity contribution in [3.8, 4) is 5.69 Å². The van der Waals surface area contributed by atoms with Crippen LogP contribution in [0.15, 0.2) is 18.2 Å². The molecule has 0 bridgehead atoms. The van der Waals surface area contributed by atoms with E-state index in [-0.39, 0.29) is 11.9 Å². The Labute approximate surface area is 112 Å². The summed E-state index contributed by atoms with van der Waals surface area (Å²) in [7, 11) is 0. The Bertz CT molecular complexity index is 575. The van der Waals surface area contributed by atoms with Gasteiger partial charge >= 0.3 is 0 Å². The molecule has 0 radical (unpaired) electrons. The minimum Gasteiger partial charge on any atom is -0.324 e. The molecule has 102 valence electrons. The number of aromatic nitrogens is 3. The number of rotatable bonds is 4. The fraction of sp³-hybridized carbons (Fsp3) is 0.429. The molecule has 5 heteroatoms. The van der Waals surface area contributed by atoms with E-state index in [4.69, 9.17) is 5.73 Å². The molecule has 0 aliphatic rings. The zero-order valence-corrected chi connectivity index (χ0v) is 11.5. The minimum absolute atomic E-state index is 0.260. The summed E-state index contributed by atoms with van der Waals surface area (Å²) >= 11 is 0. The van der Waals surface area contributed by atoms with Crippen LogP contribution in [-0.4, -0.2) is 14.8 Å². The van der Waals surface area contributed by atoms with Crippen LogP contribution in [0.1, 0.15) is 44.0 Å². The summed E-state index contributed by atoms with van der Waals surface area (Å²) in [5.74, 6) is 1.15. The fourth-order valence-electron chi connectivity index (χ4n) is 2.07. The average Bonchev–Trinajstić information content (AvgIpc) is 2.81. The van der Waals surface area contributed by atoms with Gasteiger partial charge in [-0.25, -0.2) is 14.1 Å². The Balaban J connectivity index is 2.67. The van der Waals surface area contributed by atoms with Crippen molar-refractivity contribution >= 4 is 0 Å². The van der Waals surface area contributed by atoms with E-state index in [1.165, 1.54) is 6.07 Å². The fourth-order valence-corrected chi connectivity index (χ4v) is 2.07. The first kappa shape index (κ1) is 13.7. The van der Waals surface area contributed by atoms with Gasteiger partial charge < -0.3 is 5.73 Å². The third-order valence-corrected chi connectivity index (χ3v) is 3.07. The first-order valence-corrected chi connectivity index (χ1v) is 6.57. The molecule has 1 heterocycles. The van der Waals surface area contributed by atoms with E-state index in [9.17, 15) is 4.39 Å². The smallest absolute Gasteiger partial charge is 0.151 e. The molecular weight excluding hydrogens is 243 g/mol. The van der Waals surface area contributed by atoms with E-state index in [1.54, 1.807) is 10.7 Å². The SMILES string of the molecule is CCc1nc(CC)n(-c2c(F)cccc2C(C)N)n1. The Morgan fingerprint density at radius 2 is 2.05 bits per heavy atom. The maximum Gasteiger partial charge on any atom is 0.151 e. The lowest BCUT2D eigenvalue weighted by Gasteiger charge is -2.14. The highest BCUT2D eigenvalue weighted by Crippen LogP contribution is 2.24. The van der Waals surface area contributed by atoms with Crippen molar-refractivity contribution in [2.24, 2.45) is 5.73 Å². The van der Waals surface area contributed by atoms with Crippen LogP contribution in [0.4, 0.5) is 4.39 Å². The van der Waals surface area contributed by atoms with Gasteiger partial charge in [0.2, 0.25) is 0 Å². The van der Waals surface area contributed by atoms with Gasteiger partial charge in [-0.3, -0.25) is 0 Å². The lowest BCUT2D eigenvalue weighted by molar-refractivity contribution is 0.596. The molecule has 19 heavy (non-hydrogen) atoms. The molecule has 0 amide bonds. The number of aryl methyl sites for hydroxylation is 2. The molecule has 0 saturated heterocycles. The highest BCUT2D eigenvalue weighted by molar-refractivity contribution is 5.44. The van der Waals surface area contributed by atoms with Crippen LogP contribution >= 0.6 is 0 Å². The molecule has 2 aromatic rings. The molecule has 1 aromatic carbocycles. The Kier molecular flexibility index (Phi) is 3.95. The van der Waals surface area contributed by atoms with Crippen molar-refractivity contribution in [1.29, 1.82) is 0 Å². The van der Waals surface area contributed by atoms with Gasteiger partial charge in [-0.2, -0.15) is 5.10 Å². The van der Waals surface area contributed by atoms with Crippen molar-refractivity contribution in [2.45, 2.75) is 39.7 Å². The minimum atomic E-state index is -0.322. The largest absolute Gasteiger partial charge is 0.324 e. The molecule has 0 aliphatic heterocycles. The van der Waals surface area contributed by atoms with Gasteiger partial charge in [-0.05, 0) is 18.6 Å². The summed E-state index contributed by atoms with van der Waals surface area (Å²) in [6.45, 7) is 5.79. The molecule has 2 rings (SSSR count). The maximum atomic E-state index is 14.2. The quantitative estimate of drug-likeness (QED) is 0.921. The first-order valence-electron chi connectivity index (χ1n) is 6.57. The number of para-hydroxylation sites is 1. The lowest BCUT2D eigenvalue weighted by atomic mass is 10.1. The molecule has 1 unspecified atom stereocenters. The summed E-state index contributed by atoms with van der Waals surface area (Å²) in [5, 5.41) is 4.38. The second-order valence-electron chi connectivity index (χ2n) is 4.53. The standard InChI is InChI=1S/C14H19FN4/c1-4-12-17-13(5-2)19(18-12)14-10(9(3)16)7-6-8-11(14)15/h6-9H,4-5,16H2,1-3H3. The van der Waals surface area contributed by atoms with Crippen molar-refractivity contribution in [3.05, 3.63) is 41.2 Å². The Hall–Kier alpha value is -1.75. The van der Waals surface area contributed by atoms with Gasteiger partial charge in [0, 0.05) is 18.9 Å². The molecular formula is C14H19FN4. The summed E-state index contributed by atoms with van der Waals surface area (Å²) in [4.78, 5) is 4.41. The van der Waals surface area contributed by atoms with Crippen LogP contribution in [0, 0.1) is 5.82 Å². The van der Waals surface area contributed by atoms with Crippen LogP contribution in [0.5, 0.6) is 0 Å². The number of hydrogen-bond donors (Lipinski definition) is 1. The number of nitrogens with two attached hydrogens (primary N) is 1. The zero-order chi connectivity index (χ0) is 14.0. The molecule has 0 fully saturated rings. The number of hydrogen-bond acceptors (Lipinski definition) is 3. The molecule has 0 aliphatic carbocycles. The van der Waals surface area contributed by atoms with E-state index in [2.05, 4.69) is 10.1 Å². The van der Waals surface area contributed by atoms with Gasteiger partial charge in [0.1, 0.15) is 17.3 Å². The van der Waals surface area contributed by atoms with E-state index in [0.29, 0.717) is 12.1 Å². The van der Waals surface area contributed by atoms with Crippen LogP contribution in [0.3, 0.4) is 0 Å². The molecule has 0 saturated carbocycles. The summed E-state index contributed by atoms with van der Waals surface area (Å²) < 4.78 is 15.8. The van der Waals surface area contributed by atoms with Crippen molar-refractivity contribution in [2.75, 3.05) is 0 Å². The topological polar surface area (TPSA) is 56.7 Å². The second kappa shape index (κ2) is 5.48. The van der Waals surface area contributed by atoms with Crippen LogP contribution < -0.4 is 5.73 Å². The van der Waals surface area contributed by atoms with Gasteiger partial charge in [0.25, 0.3) is 0 Å². The summed E-state index contributed by atoms with van der Waals surface area (Å²) in [5.41, 5.74) is 7.08. The van der Waals surface area contributed by atoms with Gasteiger partial charge in [-0.15, -0.1) is 0 Å². The van der Waals surface area contributed by atoms with Crippen molar-refractivity contribution in [3.63, 3.8) is 0 Å². The van der Waals surface area contributed by atoms with E-state index in [0.717, 1.165) is 23.6 Å². The Morgan fingerprint density at radius 3 is 2.63 bits per heavy atom. The van der Waals surface area contributed by atoms with Gasteiger partial charge in [0.05, 0.1) is 0 Å². The summed E-state index contributed by atoms with van der Waals surface area (Å²) in [6, 6.07) is 4.66. The van der Waals surface area contributed by atoms with Crippen LogP contribution in [-0.2, 0) is 12.8 Å². The van der Waals surface area contributed by atoms with Gasteiger partial charge in [-0.1, -0.05) is 26.0 Å². The number of nitrogens with zero attached hydrogens (tertiary/aromatic N) is 3. The van der Waals surface area contributed by atoms with E-state index in [1.807, 2.05) is 26.8 Å². The summed E-state index contributed by atoms with van der Waals surface area (Å²) in [6.07, 6.45) is 1.42. The van der Waals surface area contributed by atoms with Crippen molar-refractivity contribution in [1.82, 2.24) is 14.8 Å². The molecule has 0 spiro atoms. The third-order valence-electron chi connectivity index (χ3n) is 3.07. The normalized spacial score (nSPS) is 12.7. The lowest BCUT2D eigenvalue weighted by Crippen LogP contribution is -2.14. The first-order chi connectivity index (χ1) is 9.08. The van der Waals surface area contributed by atoms with Gasteiger partial charge in [0.15, 0.2) is 5.82 Å². The van der Waals surface area contributed by atoms with E-state index >= 15 is 0 Å². The van der Waals surface area contributed by atoms with Crippen LogP contribution in [0.25, 0.3) is 5.69 Å². The predicted octanol–water partition coefficient (Wildman–Crippen LogP) is 2.55. The van der Waals surface area contributed by atoms with Crippen molar-refractivity contribution < 1.29 is 4.39 Å². The number of benzene rings is 1. The zero-order valence-electron chi connectivity index (χ0n) is 11.5. The molecule has 2 N–H and O–H groups in total. The molecule has 1 atom stereocenters. The second-order valence-corrected chi connectivity index (χ2v) is 4.53. The van der Waals surface area contributed by atoms with E-state index < -0.39 is 0 Å². The molecule has 1 aromatic heterocycles. The highest BCUT2D eigenvalue weighted by Gasteiger charge is 2.18. The average molecular weight is 262 g/mol. The third kappa shape index (κ3) is 2.51. The molecule has 4 nitrogen and oxygen atoms in total. The Morgan fingerprint density at radius 1 is 1.32 bits per heavy atom. The van der Waals surface area contributed by atoms with Crippen LogP contribution in [0.2, 0.25) is 0 Å². The monoisotopic (exact) mass is 262 g/mol. The number of halogens is 1. The maximum absolute atomic E-state index is 14.2. The highest BCUT2D eigenvalue weighted by atomic mass is 19.1. The predicted molar refractivity (Wildman–Crippen MR) is 72.7 cm³/mol.